The van der Waals surface area contributed by atoms with Gasteiger partial charge in [-0.05, 0) is 30.2 Å². The minimum atomic E-state index is -0.752. The van der Waals surface area contributed by atoms with Crippen LogP contribution in [0.1, 0.15) is 36.2 Å². The van der Waals surface area contributed by atoms with E-state index in [0.717, 1.165) is 5.56 Å². The zero-order chi connectivity index (χ0) is 19.6. The molecule has 1 aliphatic heterocycles. The van der Waals surface area contributed by atoms with Gasteiger partial charge in [0.25, 0.3) is 5.91 Å². The molecule has 1 aliphatic rings. The summed E-state index contributed by atoms with van der Waals surface area (Å²) in [6, 6.07) is 14.5. The summed E-state index contributed by atoms with van der Waals surface area (Å²) in [5.41, 5.74) is 6.92. The zero-order valence-corrected chi connectivity index (χ0v) is 15.8. The van der Waals surface area contributed by atoms with Gasteiger partial charge in [0.2, 0.25) is 11.7 Å². The van der Waals surface area contributed by atoms with Crippen molar-refractivity contribution in [3.63, 3.8) is 0 Å². The number of amides is 2. The van der Waals surface area contributed by atoms with Crippen LogP contribution in [-0.4, -0.2) is 35.6 Å². The molecular formula is C21H24N2O4. The maximum Gasteiger partial charge on any atom is 0.254 e. The zero-order valence-electron chi connectivity index (χ0n) is 15.8. The van der Waals surface area contributed by atoms with E-state index in [1.54, 1.807) is 30.1 Å². The highest BCUT2D eigenvalue weighted by Crippen LogP contribution is 2.39. The molecule has 0 radical (unpaired) electrons. The van der Waals surface area contributed by atoms with E-state index in [1.807, 2.05) is 44.2 Å². The molecule has 2 aromatic rings. The highest BCUT2D eigenvalue weighted by atomic mass is 16.7. The molecule has 0 bridgehead atoms. The van der Waals surface area contributed by atoms with E-state index in [1.165, 1.54) is 0 Å². The second-order valence-electron chi connectivity index (χ2n) is 7.20. The quantitative estimate of drug-likeness (QED) is 0.850. The molecule has 0 fully saturated rings. The van der Waals surface area contributed by atoms with Crippen molar-refractivity contribution in [2.45, 2.75) is 38.5 Å². The molecule has 0 aliphatic carbocycles. The van der Waals surface area contributed by atoms with E-state index in [-0.39, 0.29) is 18.4 Å². The summed E-state index contributed by atoms with van der Waals surface area (Å²) in [6.45, 7) is 3.62. The second-order valence-corrected chi connectivity index (χ2v) is 7.20. The topological polar surface area (TPSA) is 81.9 Å². The molecule has 2 aromatic carbocycles. The number of likely N-dealkylation sites (N-methyl/N-ethyl adjacent to an activating group) is 1. The molecule has 0 saturated carbocycles. The molecule has 2 amide bonds. The molecule has 0 spiro atoms. The van der Waals surface area contributed by atoms with Gasteiger partial charge in [-0.3, -0.25) is 9.59 Å². The Labute approximate surface area is 158 Å². The van der Waals surface area contributed by atoms with Crippen molar-refractivity contribution in [1.82, 2.24) is 4.90 Å². The second kappa shape index (κ2) is 7.31. The SMILES string of the molecule is CN(C(=O)c1ccc2c(c1)OC(C)(C)O2)[C@H](CC(N)=O)Cc1ccccc1. The minimum absolute atomic E-state index is 0.0920. The van der Waals surface area contributed by atoms with Crippen LogP contribution >= 0.6 is 0 Å². The number of carbonyl (C=O) groups is 2. The van der Waals surface area contributed by atoms with Crippen LogP contribution in [0.4, 0.5) is 0 Å². The Morgan fingerprint density at radius 2 is 1.74 bits per heavy atom. The first-order valence-electron chi connectivity index (χ1n) is 8.86. The molecule has 0 aromatic heterocycles. The number of hydrogen-bond donors (Lipinski definition) is 1. The van der Waals surface area contributed by atoms with Crippen molar-refractivity contribution in [2.75, 3.05) is 7.05 Å². The van der Waals surface area contributed by atoms with Crippen molar-refractivity contribution in [2.24, 2.45) is 5.73 Å². The van der Waals surface area contributed by atoms with Crippen LogP contribution in [0, 0.1) is 0 Å². The van der Waals surface area contributed by atoms with Gasteiger partial charge in [0.15, 0.2) is 11.5 Å². The monoisotopic (exact) mass is 368 g/mol. The predicted octanol–water partition coefficient (Wildman–Crippen LogP) is 2.75. The summed E-state index contributed by atoms with van der Waals surface area (Å²) in [4.78, 5) is 26.1. The number of hydrogen-bond acceptors (Lipinski definition) is 4. The molecule has 2 N–H and O–H groups in total. The van der Waals surface area contributed by atoms with E-state index in [9.17, 15) is 9.59 Å². The Kier molecular flexibility index (Phi) is 5.08. The highest BCUT2D eigenvalue weighted by Gasteiger charge is 2.33. The first-order valence-corrected chi connectivity index (χ1v) is 8.86. The fraction of sp³-hybridized carbons (Fsp3) is 0.333. The Balaban J connectivity index is 1.80. The fourth-order valence-electron chi connectivity index (χ4n) is 3.19. The number of carbonyl (C=O) groups excluding carboxylic acids is 2. The van der Waals surface area contributed by atoms with Crippen LogP contribution < -0.4 is 15.2 Å². The van der Waals surface area contributed by atoms with Gasteiger partial charge in [-0.2, -0.15) is 0 Å². The van der Waals surface area contributed by atoms with E-state index < -0.39 is 11.7 Å². The van der Waals surface area contributed by atoms with Gasteiger partial charge in [-0.25, -0.2) is 0 Å². The van der Waals surface area contributed by atoms with Crippen molar-refractivity contribution in [3.8, 4) is 11.5 Å². The summed E-state index contributed by atoms with van der Waals surface area (Å²) >= 11 is 0. The Bertz CT molecular complexity index is 849. The molecule has 6 heteroatoms. The van der Waals surface area contributed by atoms with Gasteiger partial charge in [-0.15, -0.1) is 0 Å². The number of ether oxygens (including phenoxy) is 2. The molecule has 3 rings (SSSR count). The molecule has 1 atom stereocenters. The fourth-order valence-corrected chi connectivity index (χ4v) is 3.19. The summed E-state index contributed by atoms with van der Waals surface area (Å²) < 4.78 is 11.4. The lowest BCUT2D eigenvalue weighted by Crippen LogP contribution is -2.41. The van der Waals surface area contributed by atoms with Crippen LogP contribution in [0.2, 0.25) is 0 Å². The average Bonchev–Trinajstić information content (AvgIpc) is 2.93. The van der Waals surface area contributed by atoms with E-state index in [4.69, 9.17) is 15.2 Å². The smallest absolute Gasteiger partial charge is 0.254 e. The van der Waals surface area contributed by atoms with Crippen molar-refractivity contribution in [1.29, 1.82) is 0 Å². The van der Waals surface area contributed by atoms with Gasteiger partial charge in [0.05, 0.1) is 0 Å². The maximum atomic E-state index is 13.0. The highest BCUT2D eigenvalue weighted by molar-refractivity contribution is 5.95. The molecular weight excluding hydrogens is 344 g/mol. The first-order chi connectivity index (χ1) is 12.7. The lowest BCUT2D eigenvalue weighted by molar-refractivity contribution is -0.118. The van der Waals surface area contributed by atoms with Crippen LogP contribution in [-0.2, 0) is 11.2 Å². The minimum Gasteiger partial charge on any atom is -0.449 e. The van der Waals surface area contributed by atoms with Gasteiger partial charge in [0.1, 0.15) is 0 Å². The van der Waals surface area contributed by atoms with E-state index in [0.29, 0.717) is 23.5 Å². The van der Waals surface area contributed by atoms with E-state index in [2.05, 4.69) is 0 Å². The Morgan fingerprint density at radius 1 is 1.07 bits per heavy atom. The normalized spacial score (nSPS) is 15.2. The summed E-state index contributed by atoms with van der Waals surface area (Å²) in [6.07, 6.45) is 0.637. The predicted molar refractivity (Wildman–Crippen MR) is 102 cm³/mol. The number of nitrogens with two attached hydrogens (primary N) is 1. The summed E-state index contributed by atoms with van der Waals surface area (Å²) in [5.74, 6) is -0.250. The standard InChI is InChI=1S/C21H24N2O4/c1-21(2)26-17-10-9-15(12-18(17)27-21)20(25)23(3)16(13-19(22)24)11-14-7-5-4-6-8-14/h4-10,12,16H,11,13H2,1-3H3,(H2,22,24)/t16-/m0/s1. The molecule has 6 nitrogen and oxygen atoms in total. The number of rotatable bonds is 6. The molecule has 1 heterocycles. The molecule has 142 valence electrons. The van der Waals surface area contributed by atoms with Crippen LogP contribution in [0.15, 0.2) is 48.5 Å². The van der Waals surface area contributed by atoms with Crippen LogP contribution in [0.25, 0.3) is 0 Å². The van der Waals surface area contributed by atoms with Crippen LogP contribution in [0.5, 0.6) is 11.5 Å². The average molecular weight is 368 g/mol. The third-order valence-electron chi connectivity index (χ3n) is 4.52. The van der Waals surface area contributed by atoms with Crippen molar-refractivity contribution in [3.05, 3.63) is 59.7 Å². The molecule has 0 unspecified atom stereocenters. The third-order valence-corrected chi connectivity index (χ3v) is 4.52. The molecule has 27 heavy (non-hydrogen) atoms. The first kappa shape index (κ1) is 18.8. The van der Waals surface area contributed by atoms with Gasteiger partial charge >= 0.3 is 0 Å². The number of primary amides is 1. The van der Waals surface area contributed by atoms with Gasteiger partial charge in [-0.1, -0.05) is 30.3 Å². The third kappa shape index (κ3) is 4.39. The number of benzene rings is 2. The Morgan fingerprint density at radius 3 is 2.41 bits per heavy atom. The summed E-state index contributed by atoms with van der Waals surface area (Å²) in [5, 5.41) is 0. The van der Waals surface area contributed by atoms with Gasteiger partial charge < -0.3 is 20.1 Å². The van der Waals surface area contributed by atoms with Crippen molar-refractivity contribution >= 4 is 11.8 Å². The lowest BCUT2D eigenvalue weighted by Gasteiger charge is -2.28. The van der Waals surface area contributed by atoms with Crippen molar-refractivity contribution < 1.29 is 19.1 Å². The summed E-state index contributed by atoms with van der Waals surface area (Å²) in [7, 11) is 1.69. The molecule has 0 saturated heterocycles. The largest absolute Gasteiger partial charge is 0.449 e. The van der Waals surface area contributed by atoms with E-state index >= 15 is 0 Å². The maximum absolute atomic E-state index is 13.0. The Hall–Kier alpha value is -3.02. The van der Waals surface area contributed by atoms with Gasteiger partial charge in [0, 0.05) is 38.9 Å². The van der Waals surface area contributed by atoms with Crippen LogP contribution in [0.3, 0.4) is 0 Å². The number of fused-ring (bicyclic) bond motifs is 1. The lowest BCUT2D eigenvalue weighted by atomic mass is 10.0. The number of nitrogens with zero attached hydrogens (tertiary/aromatic N) is 1.